The van der Waals surface area contributed by atoms with Crippen LogP contribution in [0.4, 0.5) is 0 Å². The highest BCUT2D eigenvalue weighted by molar-refractivity contribution is 14.1. The summed E-state index contributed by atoms with van der Waals surface area (Å²) in [4.78, 5) is 0. The van der Waals surface area contributed by atoms with Gasteiger partial charge in [0.05, 0.1) is 0 Å². The van der Waals surface area contributed by atoms with Gasteiger partial charge in [-0.2, -0.15) is 0 Å². The van der Waals surface area contributed by atoms with E-state index in [4.69, 9.17) is 0 Å². The minimum absolute atomic E-state index is 0.00402. The molecule has 0 aliphatic heterocycles. The van der Waals surface area contributed by atoms with Crippen LogP contribution in [0.2, 0.25) is 0 Å². The summed E-state index contributed by atoms with van der Waals surface area (Å²) in [6.45, 7) is 4.56. The summed E-state index contributed by atoms with van der Waals surface area (Å²) in [6, 6.07) is 15.3. The van der Waals surface area contributed by atoms with Gasteiger partial charge in [0.25, 0.3) is 0 Å². The molecule has 0 saturated carbocycles. The SMILES string of the molecule is CC[C@@](C)(c1ccc(O)cc1)[C@H](CCCCI)c1ccc(O)cc1. The maximum atomic E-state index is 9.63. The number of hydrogen-bond donors (Lipinski definition) is 2. The van der Waals surface area contributed by atoms with Crippen LogP contribution in [0.1, 0.15) is 56.6 Å². The molecule has 3 heteroatoms. The van der Waals surface area contributed by atoms with Crippen LogP contribution < -0.4 is 0 Å². The molecule has 24 heavy (non-hydrogen) atoms. The van der Waals surface area contributed by atoms with E-state index in [1.807, 2.05) is 12.1 Å². The van der Waals surface area contributed by atoms with E-state index in [2.05, 4.69) is 48.6 Å². The molecule has 2 rings (SSSR count). The van der Waals surface area contributed by atoms with Gasteiger partial charge in [0.15, 0.2) is 0 Å². The lowest BCUT2D eigenvalue weighted by Crippen LogP contribution is -2.30. The topological polar surface area (TPSA) is 40.5 Å². The zero-order valence-electron chi connectivity index (χ0n) is 14.5. The fourth-order valence-corrected chi connectivity index (χ4v) is 4.04. The van der Waals surface area contributed by atoms with Crippen molar-refractivity contribution in [1.29, 1.82) is 0 Å². The maximum Gasteiger partial charge on any atom is 0.115 e. The molecule has 0 heterocycles. The molecular weight excluding hydrogens is 411 g/mol. The zero-order valence-corrected chi connectivity index (χ0v) is 16.7. The number of aromatic hydroxyl groups is 2. The number of phenols is 2. The molecule has 0 aliphatic rings. The van der Waals surface area contributed by atoms with Crippen LogP contribution in [0.3, 0.4) is 0 Å². The summed E-state index contributed by atoms with van der Waals surface area (Å²) in [7, 11) is 0. The third-order valence-corrected chi connectivity index (χ3v) is 5.96. The first-order valence-corrected chi connectivity index (χ1v) is 10.2. The predicted octanol–water partition coefficient (Wildman–Crippen LogP) is 6.15. The number of benzene rings is 2. The van der Waals surface area contributed by atoms with Gasteiger partial charge < -0.3 is 10.2 Å². The van der Waals surface area contributed by atoms with Gasteiger partial charge in [-0.3, -0.25) is 0 Å². The molecule has 2 atom stereocenters. The van der Waals surface area contributed by atoms with E-state index < -0.39 is 0 Å². The molecule has 0 amide bonds. The van der Waals surface area contributed by atoms with Crippen LogP contribution in [0.5, 0.6) is 11.5 Å². The number of alkyl halides is 1. The van der Waals surface area contributed by atoms with Gasteiger partial charge in [-0.15, -0.1) is 0 Å². The third kappa shape index (κ3) is 4.44. The quantitative estimate of drug-likeness (QED) is 0.295. The molecule has 0 fully saturated rings. The molecule has 0 aromatic heterocycles. The second kappa shape index (κ2) is 8.75. The largest absolute Gasteiger partial charge is 0.508 e. The van der Waals surface area contributed by atoms with Crippen LogP contribution in [0.25, 0.3) is 0 Å². The van der Waals surface area contributed by atoms with E-state index in [0.29, 0.717) is 17.4 Å². The van der Waals surface area contributed by atoms with Crippen molar-refractivity contribution in [2.75, 3.05) is 4.43 Å². The van der Waals surface area contributed by atoms with Crippen LogP contribution >= 0.6 is 22.6 Å². The lowest BCUT2D eigenvalue weighted by molar-refractivity contribution is 0.338. The van der Waals surface area contributed by atoms with Gasteiger partial charge in [0, 0.05) is 0 Å². The van der Waals surface area contributed by atoms with Gasteiger partial charge in [0.2, 0.25) is 0 Å². The van der Waals surface area contributed by atoms with E-state index in [-0.39, 0.29) is 5.41 Å². The summed E-state index contributed by atoms with van der Waals surface area (Å²) in [5, 5.41) is 19.3. The minimum atomic E-state index is -0.00402. The first-order valence-electron chi connectivity index (χ1n) is 8.65. The lowest BCUT2D eigenvalue weighted by Gasteiger charge is -2.38. The summed E-state index contributed by atoms with van der Waals surface area (Å²) >= 11 is 2.44. The Kier molecular flexibility index (Phi) is 6.96. The van der Waals surface area contributed by atoms with E-state index in [1.54, 1.807) is 24.3 Å². The van der Waals surface area contributed by atoms with Crippen LogP contribution in [-0.4, -0.2) is 14.6 Å². The van der Waals surface area contributed by atoms with Crippen molar-refractivity contribution in [3.8, 4) is 11.5 Å². The van der Waals surface area contributed by atoms with Crippen LogP contribution in [-0.2, 0) is 5.41 Å². The Labute approximate surface area is 159 Å². The minimum Gasteiger partial charge on any atom is -0.508 e. The highest BCUT2D eigenvalue weighted by atomic mass is 127. The Hall–Kier alpha value is -1.23. The summed E-state index contributed by atoms with van der Waals surface area (Å²) in [6.07, 6.45) is 4.57. The first-order chi connectivity index (χ1) is 11.5. The molecule has 0 aliphatic carbocycles. The monoisotopic (exact) mass is 438 g/mol. The van der Waals surface area contributed by atoms with E-state index in [0.717, 1.165) is 12.8 Å². The van der Waals surface area contributed by atoms with Gasteiger partial charge in [-0.1, -0.05) is 67.1 Å². The Morgan fingerprint density at radius 1 is 0.917 bits per heavy atom. The summed E-state index contributed by atoms with van der Waals surface area (Å²) in [5.74, 6) is 1.01. The van der Waals surface area contributed by atoms with Crippen molar-refractivity contribution >= 4 is 22.6 Å². The lowest BCUT2D eigenvalue weighted by atomic mass is 9.65. The van der Waals surface area contributed by atoms with Crippen molar-refractivity contribution in [3.05, 3.63) is 59.7 Å². The van der Waals surface area contributed by atoms with Gasteiger partial charge >= 0.3 is 0 Å². The van der Waals surface area contributed by atoms with E-state index >= 15 is 0 Å². The molecule has 2 N–H and O–H groups in total. The number of hydrogen-bond acceptors (Lipinski definition) is 2. The van der Waals surface area contributed by atoms with Crippen LogP contribution in [0, 0.1) is 0 Å². The number of halogens is 1. The second-order valence-corrected chi connectivity index (χ2v) is 7.73. The number of phenolic OH excluding ortho intramolecular Hbond substituents is 2. The highest BCUT2D eigenvalue weighted by Gasteiger charge is 2.35. The molecule has 0 spiro atoms. The average Bonchev–Trinajstić information content (AvgIpc) is 2.60. The Morgan fingerprint density at radius 2 is 1.46 bits per heavy atom. The van der Waals surface area contributed by atoms with E-state index in [9.17, 15) is 10.2 Å². The average molecular weight is 438 g/mol. The van der Waals surface area contributed by atoms with Gasteiger partial charge in [-0.05, 0) is 70.4 Å². The Morgan fingerprint density at radius 3 is 1.96 bits per heavy atom. The van der Waals surface area contributed by atoms with Crippen molar-refractivity contribution < 1.29 is 10.2 Å². The molecule has 0 bridgehead atoms. The second-order valence-electron chi connectivity index (χ2n) is 6.65. The zero-order chi connectivity index (χ0) is 17.6. The number of rotatable bonds is 8. The molecule has 130 valence electrons. The van der Waals surface area contributed by atoms with Crippen molar-refractivity contribution in [1.82, 2.24) is 0 Å². The van der Waals surface area contributed by atoms with Crippen molar-refractivity contribution in [2.45, 2.75) is 50.9 Å². The molecule has 2 aromatic carbocycles. The maximum absolute atomic E-state index is 9.63. The molecule has 2 nitrogen and oxygen atoms in total. The van der Waals surface area contributed by atoms with Crippen LogP contribution in [0.15, 0.2) is 48.5 Å². The summed E-state index contributed by atoms with van der Waals surface area (Å²) in [5.41, 5.74) is 2.53. The number of unbranched alkanes of at least 4 members (excludes halogenated alkanes) is 1. The van der Waals surface area contributed by atoms with E-state index in [1.165, 1.54) is 28.4 Å². The molecular formula is C21H27IO2. The highest BCUT2D eigenvalue weighted by Crippen LogP contribution is 2.45. The van der Waals surface area contributed by atoms with Crippen molar-refractivity contribution in [2.24, 2.45) is 0 Å². The fourth-order valence-electron chi connectivity index (χ4n) is 3.50. The Balaban J connectivity index is 2.41. The molecule has 0 unspecified atom stereocenters. The predicted molar refractivity (Wildman–Crippen MR) is 109 cm³/mol. The standard InChI is InChI=1S/C21H27IO2/c1-3-21(2,17-9-13-19(24)14-10-17)20(6-4-5-15-22)16-7-11-18(23)12-8-16/h7-14,20,23-24H,3-6,15H2,1-2H3/t20-,21+/m1/s1. The normalized spacial score (nSPS) is 15.0. The first kappa shape index (κ1) is 19.1. The smallest absolute Gasteiger partial charge is 0.115 e. The summed E-state index contributed by atoms with van der Waals surface area (Å²) < 4.78 is 1.18. The molecule has 0 saturated heterocycles. The van der Waals surface area contributed by atoms with Crippen molar-refractivity contribution in [3.63, 3.8) is 0 Å². The molecule has 0 radical (unpaired) electrons. The van der Waals surface area contributed by atoms with Gasteiger partial charge in [-0.25, -0.2) is 0 Å². The molecule has 2 aromatic rings. The third-order valence-electron chi connectivity index (χ3n) is 5.20. The van der Waals surface area contributed by atoms with Gasteiger partial charge in [0.1, 0.15) is 11.5 Å². The fraction of sp³-hybridized carbons (Fsp3) is 0.429. The Bertz CT molecular complexity index is 621.